The summed E-state index contributed by atoms with van der Waals surface area (Å²) in [6.07, 6.45) is 0.805. The number of nitrogens with one attached hydrogen (secondary N) is 1. The molecule has 0 saturated carbocycles. The van der Waals surface area contributed by atoms with E-state index < -0.39 is 5.82 Å². The molecule has 0 aromatic heterocycles. The van der Waals surface area contributed by atoms with Crippen LogP contribution in [0, 0.1) is 5.82 Å². The number of hydrogen-bond donors (Lipinski definition) is 1. The second-order valence-corrected chi connectivity index (χ2v) is 8.01. The molecule has 0 radical (unpaired) electrons. The van der Waals surface area contributed by atoms with Gasteiger partial charge in [0.25, 0.3) is 0 Å². The minimum absolute atomic E-state index is 0.0406. The highest BCUT2D eigenvalue weighted by molar-refractivity contribution is 6.31. The standard InChI is InChI=1S/C25H26Cl2FNO4/c1-30-22-8-7-16(11-23(22)31-2)9-10-29-14-17-12-24(32-3)25(13-20(17)27)33-15-18-19(26)5-4-6-21(18)28/h4-8,11-13,29H,9-10,14-15H2,1-3H3. The predicted molar refractivity (Wildman–Crippen MR) is 129 cm³/mol. The van der Waals surface area contributed by atoms with E-state index in [0.29, 0.717) is 39.6 Å². The Kier molecular flexibility index (Phi) is 9.06. The fourth-order valence-corrected chi connectivity index (χ4v) is 3.74. The van der Waals surface area contributed by atoms with Crippen LogP contribution in [0.15, 0.2) is 48.5 Å². The third-order valence-electron chi connectivity index (χ3n) is 5.12. The van der Waals surface area contributed by atoms with Gasteiger partial charge in [-0.3, -0.25) is 0 Å². The molecule has 0 fully saturated rings. The molecule has 3 aromatic carbocycles. The van der Waals surface area contributed by atoms with Crippen molar-refractivity contribution in [2.24, 2.45) is 0 Å². The molecule has 0 aliphatic rings. The lowest BCUT2D eigenvalue weighted by atomic mass is 10.1. The number of benzene rings is 3. The van der Waals surface area contributed by atoms with Gasteiger partial charge < -0.3 is 24.3 Å². The molecule has 3 rings (SSSR count). The zero-order valence-corrected chi connectivity index (χ0v) is 20.2. The smallest absolute Gasteiger partial charge is 0.163 e. The first-order chi connectivity index (χ1) is 16.0. The molecule has 0 unspecified atom stereocenters. The van der Waals surface area contributed by atoms with Crippen LogP contribution in [0.1, 0.15) is 16.7 Å². The molecule has 176 valence electrons. The molecule has 33 heavy (non-hydrogen) atoms. The first-order valence-corrected chi connectivity index (χ1v) is 11.1. The number of rotatable bonds is 11. The van der Waals surface area contributed by atoms with Gasteiger partial charge in [0.1, 0.15) is 12.4 Å². The van der Waals surface area contributed by atoms with Crippen molar-refractivity contribution in [3.63, 3.8) is 0 Å². The summed E-state index contributed by atoms with van der Waals surface area (Å²) < 4.78 is 35.8. The van der Waals surface area contributed by atoms with Crippen LogP contribution in [-0.4, -0.2) is 27.9 Å². The summed E-state index contributed by atoms with van der Waals surface area (Å²) >= 11 is 12.5. The second kappa shape index (κ2) is 12.0. The Labute approximate surface area is 203 Å². The van der Waals surface area contributed by atoms with Crippen LogP contribution in [0.5, 0.6) is 23.0 Å². The third-order valence-corrected chi connectivity index (χ3v) is 5.83. The maximum atomic E-state index is 14.0. The van der Waals surface area contributed by atoms with Gasteiger partial charge >= 0.3 is 0 Å². The van der Waals surface area contributed by atoms with Crippen LogP contribution in [0.4, 0.5) is 4.39 Å². The average Bonchev–Trinajstić information content (AvgIpc) is 2.82. The molecular weight excluding hydrogens is 468 g/mol. The van der Waals surface area contributed by atoms with E-state index in [4.69, 9.17) is 42.1 Å². The van der Waals surface area contributed by atoms with Crippen LogP contribution in [0.2, 0.25) is 10.0 Å². The van der Waals surface area contributed by atoms with Crippen LogP contribution in [0.3, 0.4) is 0 Å². The second-order valence-electron chi connectivity index (χ2n) is 7.20. The van der Waals surface area contributed by atoms with Gasteiger partial charge in [0.2, 0.25) is 0 Å². The van der Waals surface area contributed by atoms with E-state index >= 15 is 0 Å². The lowest BCUT2D eigenvalue weighted by molar-refractivity contribution is 0.279. The lowest BCUT2D eigenvalue weighted by Gasteiger charge is -2.15. The van der Waals surface area contributed by atoms with Gasteiger partial charge in [0.05, 0.1) is 26.4 Å². The fraction of sp³-hybridized carbons (Fsp3) is 0.280. The quantitative estimate of drug-likeness (QED) is 0.328. The van der Waals surface area contributed by atoms with Crippen molar-refractivity contribution in [3.05, 3.63) is 81.1 Å². The van der Waals surface area contributed by atoms with Crippen LogP contribution in [-0.2, 0) is 19.6 Å². The monoisotopic (exact) mass is 493 g/mol. The van der Waals surface area contributed by atoms with Crippen molar-refractivity contribution in [3.8, 4) is 23.0 Å². The maximum Gasteiger partial charge on any atom is 0.163 e. The minimum Gasteiger partial charge on any atom is -0.493 e. The zero-order valence-electron chi connectivity index (χ0n) is 18.7. The summed E-state index contributed by atoms with van der Waals surface area (Å²) in [5.74, 6) is 1.89. The van der Waals surface area contributed by atoms with Crippen LogP contribution >= 0.6 is 23.2 Å². The molecule has 3 aromatic rings. The van der Waals surface area contributed by atoms with Gasteiger partial charge in [0, 0.05) is 23.2 Å². The average molecular weight is 494 g/mol. The van der Waals surface area contributed by atoms with Crippen molar-refractivity contribution in [1.82, 2.24) is 5.32 Å². The molecule has 0 heterocycles. The molecule has 0 aliphatic heterocycles. The Morgan fingerprint density at radius 3 is 2.24 bits per heavy atom. The summed E-state index contributed by atoms with van der Waals surface area (Å²) in [6, 6.07) is 13.8. The number of hydrogen-bond acceptors (Lipinski definition) is 5. The van der Waals surface area contributed by atoms with E-state index in [1.807, 2.05) is 24.3 Å². The molecule has 0 amide bonds. The molecular formula is C25H26Cl2FNO4. The first-order valence-electron chi connectivity index (χ1n) is 10.3. The van der Waals surface area contributed by atoms with E-state index in [0.717, 1.165) is 24.1 Å². The molecule has 0 saturated heterocycles. The van der Waals surface area contributed by atoms with E-state index in [2.05, 4.69) is 5.32 Å². The molecule has 0 aliphatic carbocycles. The van der Waals surface area contributed by atoms with E-state index in [1.165, 1.54) is 6.07 Å². The first kappa shape index (κ1) is 25.0. The van der Waals surface area contributed by atoms with Crippen molar-refractivity contribution in [2.45, 2.75) is 19.6 Å². The van der Waals surface area contributed by atoms with Crippen molar-refractivity contribution in [2.75, 3.05) is 27.9 Å². The lowest BCUT2D eigenvalue weighted by Crippen LogP contribution is -2.17. The van der Waals surface area contributed by atoms with E-state index in [-0.39, 0.29) is 12.2 Å². The van der Waals surface area contributed by atoms with Crippen molar-refractivity contribution >= 4 is 23.2 Å². The predicted octanol–water partition coefficient (Wildman–Crippen LogP) is 6.07. The summed E-state index contributed by atoms with van der Waals surface area (Å²) in [7, 11) is 4.77. The Bertz CT molecular complexity index is 1070. The minimum atomic E-state index is -0.428. The van der Waals surface area contributed by atoms with Gasteiger partial charge in [-0.25, -0.2) is 4.39 Å². The van der Waals surface area contributed by atoms with Gasteiger partial charge in [-0.05, 0) is 54.4 Å². The highest BCUT2D eigenvalue weighted by Crippen LogP contribution is 2.34. The van der Waals surface area contributed by atoms with Gasteiger partial charge in [0.15, 0.2) is 23.0 Å². The molecule has 0 spiro atoms. The molecule has 0 atom stereocenters. The Balaban J connectivity index is 1.60. The topological polar surface area (TPSA) is 49.0 Å². The van der Waals surface area contributed by atoms with Gasteiger partial charge in [-0.15, -0.1) is 0 Å². The fourth-order valence-electron chi connectivity index (χ4n) is 3.30. The summed E-state index contributed by atoms with van der Waals surface area (Å²) in [4.78, 5) is 0. The Hall–Kier alpha value is -2.67. The maximum absolute atomic E-state index is 14.0. The Morgan fingerprint density at radius 2 is 1.55 bits per heavy atom. The Morgan fingerprint density at radius 1 is 0.818 bits per heavy atom. The van der Waals surface area contributed by atoms with Gasteiger partial charge in [-0.2, -0.15) is 0 Å². The SMILES string of the molecule is COc1ccc(CCNCc2cc(OC)c(OCc3c(F)cccc3Cl)cc2Cl)cc1OC. The highest BCUT2D eigenvalue weighted by atomic mass is 35.5. The number of ether oxygens (including phenoxy) is 4. The summed E-state index contributed by atoms with van der Waals surface area (Å²) in [5, 5.41) is 4.20. The zero-order chi connectivity index (χ0) is 23.8. The highest BCUT2D eigenvalue weighted by Gasteiger charge is 2.13. The summed E-state index contributed by atoms with van der Waals surface area (Å²) in [6.45, 7) is 1.24. The van der Waals surface area contributed by atoms with Crippen LogP contribution < -0.4 is 24.3 Å². The normalized spacial score (nSPS) is 10.7. The van der Waals surface area contributed by atoms with Crippen molar-refractivity contribution in [1.29, 1.82) is 0 Å². The molecule has 1 N–H and O–H groups in total. The van der Waals surface area contributed by atoms with Crippen LogP contribution in [0.25, 0.3) is 0 Å². The van der Waals surface area contributed by atoms with E-state index in [9.17, 15) is 4.39 Å². The van der Waals surface area contributed by atoms with Crippen molar-refractivity contribution < 1.29 is 23.3 Å². The van der Waals surface area contributed by atoms with Gasteiger partial charge in [-0.1, -0.05) is 35.3 Å². The third kappa shape index (κ3) is 6.44. The number of halogens is 3. The molecule has 0 bridgehead atoms. The number of methoxy groups -OCH3 is 3. The molecule has 5 nitrogen and oxygen atoms in total. The van der Waals surface area contributed by atoms with E-state index in [1.54, 1.807) is 39.5 Å². The molecule has 8 heteroatoms. The largest absolute Gasteiger partial charge is 0.493 e. The summed E-state index contributed by atoms with van der Waals surface area (Å²) in [5.41, 5.74) is 2.26.